The lowest BCUT2D eigenvalue weighted by atomic mass is 10.1. The standard InChI is InChI=1S/C13H17BrN2O/c1-9-5-10(7-11(14)6-9)13(17)16-4-2-3-12(16)8-15/h5-7,12H,2-4,8,15H2,1H3. The number of carbonyl (C=O) groups is 1. The van der Waals surface area contributed by atoms with Crippen molar-refractivity contribution < 1.29 is 4.79 Å². The van der Waals surface area contributed by atoms with Gasteiger partial charge in [-0.05, 0) is 43.5 Å². The number of hydrogen-bond acceptors (Lipinski definition) is 2. The fourth-order valence-electron chi connectivity index (χ4n) is 2.37. The Hall–Kier alpha value is -0.870. The van der Waals surface area contributed by atoms with E-state index in [1.807, 2.05) is 30.0 Å². The number of nitrogens with zero attached hydrogens (tertiary/aromatic N) is 1. The van der Waals surface area contributed by atoms with E-state index >= 15 is 0 Å². The zero-order valence-corrected chi connectivity index (χ0v) is 11.5. The molecule has 1 aromatic carbocycles. The fraction of sp³-hybridized carbons (Fsp3) is 0.462. The first kappa shape index (κ1) is 12.6. The van der Waals surface area contributed by atoms with Crippen molar-refractivity contribution in [2.75, 3.05) is 13.1 Å². The van der Waals surface area contributed by atoms with Gasteiger partial charge in [0.2, 0.25) is 0 Å². The second-order valence-corrected chi connectivity index (χ2v) is 5.46. The molecule has 2 N–H and O–H groups in total. The van der Waals surface area contributed by atoms with Crippen LogP contribution in [0.5, 0.6) is 0 Å². The van der Waals surface area contributed by atoms with Crippen LogP contribution in [0.1, 0.15) is 28.8 Å². The van der Waals surface area contributed by atoms with Gasteiger partial charge in [-0.25, -0.2) is 0 Å². The molecular formula is C13H17BrN2O. The Kier molecular flexibility index (Phi) is 3.84. The number of likely N-dealkylation sites (tertiary alicyclic amines) is 1. The van der Waals surface area contributed by atoms with Crippen molar-refractivity contribution in [3.05, 3.63) is 33.8 Å². The summed E-state index contributed by atoms with van der Waals surface area (Å²) in [5, 5.41) is 0. The predicted octanol–water partition coefficient (Wildman–Crippen LogP) is 2.32. The minimum absolute atomic E-state index is 0.0994. The summed E-state index contributed by atoms with van der Waals surface area (Å²) in [6.07, 6.45) is 2.08. The van der Waals surface area contributed by atoms with Crippen molar-refractivity contribution >= 4 is 21.8 Å². The SMILES string of the molecule is Cc1cc(Br)cc(C(=O)N2CCCC2CN)c1. The molecule has 92 valence electrons. The molecule has 4 heteroatoms. The fourth-order valence-corrected chi connectivity index (χ4v) is 2.98. The molecule has 1 heterocycles. The Bertz CT molecular complexity index is 413. The Balaban J connectivity index is 2.24. The first-order valence-electron chi connectivity index (χ1n) is 5.90. The summed E-state index contributed by atoms with van der Waals surface area (Å²) in [6, 6.07) is 6.02. The lowest BCUT2D eigenvalue weighted by molar-refractivity contribution is 0.0741. The molecule has 0 bridgehead atoms. The zero-order chi connectivity index (χ0) is 12.4. The van der Waals surface area contributed by atoms with Crippen LogP contribution in [-0.2, 0) is 0 Å². The lowest BCUT2D eigenvalue weighted by Gasteiger charge is -2.23. The molecule has 1 aliphatic rings. The van der Waals surface area contributed by atoms with Crippen molar-refractivity contribution in [1.29, 1.82) is 0 Å². The highest BCUT2D eigenvalue weighted by Crippen LogP contribution is 2.22. The van der Waals surface area contributed by atoms with Gasteiger partial charge in [-0.15, -0.1) is 0 Å². The van der Waals surface area contributed by atoms with E-state index < -0.39 is 0 Å². The minimum Gasteiger partial charge on any atom is -0.334 e. The third kappa shape index (κ3) is 2.69. The second-order valence-electron chi connectivity index (χ2n) is 4.55. The van der Waals surface area contributed by atoms with Gasteiger partial charge < -0.3 is 10.6 Å². The Morgan fingerprint density at radius 1 is 1.53 bits per heavy atom. The van der Waals surface area contributed by atoms with Gasteiger partial charge >= 0.3 is 0 Å². The highest BCUT2D eigenvalue weighted by molar-refractivity contribution is 9.10. The number of hydrogen-bond donors (Lipinski definition) is 1. The van der Waals surface area contributed by atoms with E-state index in [1.54, 1.807) is 0 Å². The molecule has 1 fully saturated rings. The van der Waals surface area contributed by atoms with Gasteiger partial charge in [0.15, 0.2) is 0 Å². The van der Waals surface area contributed by atoms with E-state index in [2.05, 4.69) is 15.9 Å². The maximum absolute atomic E-state index is 12.4. The number of amides is 1. The maximum Gasteiger partial charge on any atom is 0.254 e. The number of aryl methyl sites for hydroxylation is 1. The summed E-state index contributed by atoms with van der Waals surface area (Å²) in [5.74, 6) is 0.0994. The molecule has 0 aliphatic carbocycles. The number of nitrogens with two attached hydrogens (primary N) is 1. The third-order valence-electron chi connectivity index (χ3n) is 3.20. The largest absolute Gasteiger partial charge is 0.334 e. The van der Waals surface area contributed by atoms with Crippen LogP contribution >= 0.6 is 15.9 Å². The molecule has 0 aromatic heterocycles. The molecule has 1 aliphatic heterocycles. The van der Waals surface area contributed by atoms with Crippen LogP contribution in [0, 0.1) is 6.92 Å². The first-order chi connectivity index (χ1) is 8.11. The van der Waals surface area contributed by atoms with Crippen LogP contribution in [0.3, 0.4) is 0 Å². The van der Waals surface area contributed by atoms with Gasteiger partial charge in [0.1, 0.15) is 0 Å². The van der Waals surface area contributed by atoms with E-state index in [0.29, 0.717) is 6.54 Å². The van der Waals surface area contributed by atoms with Crippen molar-refractivity contribution in [1.82, 2.24) is 4.90 Å². The summed E-state index contributed by atoms with van der Waals surface area (Å²) in [7, 11) is 0. The molecule has 1 saturated heterocycles. The summed E-state index contributed by atoms with van der Waals surface area (Å²) in [4.78, 5) is 14.3. The summed E-state index contributed by atoms with van der Waals surface area (Å²) < 4.78 is 0.948. The van der Waals surface area contributed by atoms with Crippen molar-refractivity contribution in [2.24, 2.45) is 5.73 Å². The van der Waals surface area contributed by atoms with Gasteiger partial charge in [0, 0.05) is 29.2 Å². The first-order valence-corrected chi connectivity index (χ1v) is 6.69. The molecule has 2 rings (SSSR count). The summed E-state index contributed by atoms with van der Waals surface area (Å²) in [5.41, 5.74) is 7.53. The highest BCUT2D eigenvalue weighted by atomic mass is 79.9. The molecule has 17 heavy (non-hydrogen) atoms. The molecule has 1 amide bonds. The van der Waals surface area contributed by atoms with Crippen LogP contribution in [-0.4, -0.2) is 29.9 Å². The topological polar surface area (TPSA) is 46.3 Å². The number of carbonyl (C=O) groups excluding carboxylic acids is 1. The van der Waals surface area contributed by atoms with Crippen molar-refractivity contribution in [3.8, 4) is 0 Å². The smallest absolute Gasteiger partial charge is 0.254 e. The third-order valence-corrected chi connectivity index (χ3v) is 3.66. The Labute approximate surface area is 110 Å². The van der Waals surface area contributed by atoms with Crippen molar-refractivity contribution in [2.45, 2.75) is 25.8 Å². The Morgan fingerprint density at radius 2 is 2.29 bits per heavy atom. The van der Waals surface area contributed by atoms with Crippen LogP contribution in [0.15, 0.2) is 22.7 Å². The molecule has 1 unspecified atom stereocenters. The molecule has 0 radical (unpaired) electrons. The van der Waals surface area contributed by atoms with Gasteiger partial charge in [-0.1, -0.05) is 15.9 Å². The van der Waals surface area contributed by atoms with Crippen LogP contribution in [0.2, 0.25) is 0 Å². The number of rotatable bonds is 2. The van der Waals surface area contributed by atoms with Crippen LogP contribution in [0.4, 0.5) is 0 Å². The van der Waals surface area contributed by atoms with E-state index in [-0.39, 0.29) is 11.9 Å². The molecule has 0 spiro atoms. The van der Waals surface area contributed by atoms with Gasteiger partial charge in [-0.2, -0.15) is 0 Å². The highest BCUT2D eigenvalue weighted by Gasteiger charge is 2.28. The van der Waals surface area contributed by atoms with Gasteiger partial charge in [-0.3, -0.25) is 4.79 Å². The minimum atomic E-state index is 0.0994. The predicted molar refractivity (Wildman–Crippen MR) is 72.0 cm³/mol. The van der Waals surface area contributed by atoms with E-state index in [4.69, 9.17) is 5.73 Å². The molecule has 3 nitrogen and oxygen atoms in total. The van der Waals surface area contributed by atoms with Gasteiger partial charge in [0.05, 0.1) is 0 Å². The van der Waals surface area contributed by atoms with E-state index in [1.165, 1.54) is 0 Å². The Morgan fingerprint density at radius 3 is 2.94 bits per heavy atom. The quantitative estimate of drug-likeness (QED) is 0.910. The molecule has 0 saturated carbocycles. The van der Waals surface area contributed by atoms with Crippen molar-refractivity contribution in [3.63, 3.8) is 0 Å². The van der Waals surface area contributed by atoms with E-state index in [9.17, 15) is 4.79 Å². The van der Waals surface area contributed by atoms with Gasteiger partial charge in [0.25, 0.3) is 5.91 Å². The second kappa shape index (κ2) is 5.19. The van der Waals surface area contributed by atoms with E-state index in [0.717, 1.165) is 35.0 Å². The van der Waals surface area contributed by atoms with Crippen LogP contribution in [0.25, 0.3) is 0 Å². The monoisotopic (exact) mass is 296 g/mol. The number of halogens is 1. The number of benzene rings is 1. The molecule has 1 aromatic rings. The zero-order valence-electron chi connectivity index (χ0n) is 9.95. The lowest BCUT2D eigenvalue weighted by Crippen LogP contribution is -2.39. The van der Waals surface area contributed by atoms with Crippen LogP contribution < -0.4 is 5.73 Å². The normalized spacial score (nSPS) is 19.7. The average molecular weight is 297 g/mol. The summed E-state index contributed by atoms with van der Waals surface area (Å²) >= 11 is 3.43. The molecular weight excluding hydrogens is 280 g/mol. The summed E-state index contributed by atoms with van der Waals surface area (Å²) in [6.45, 7) is 3.37. The molecule has 1 atom stereocenters. The average Bonchev–Trinajstić information content (AvgIpc) is 2.74. The maximum atomic E-state index is 12.4.